The van der Waals surface area contributed by atoms with Crippen molar-refractivity contribution < 1.29 is 4.39 Å². The van der Waals surface area contributed by atoms with Crippen LogP contribution in [0.2, 0.25) is 5.02 Å². The molecule has 0 bridgehead atoms. The summed E-state index contributed by atoms with van der Waals surface area (Å²) in [5.41, 5.74) is 0.651. The molecule has 0 aliphatic heterocycles. The number of halogens is 2. The molecule has 0 atom stereocenters. The lowest BCUT2D eigenvalue weighted by Gasteiger charge is -1.94. The highest BCUT2D eigenvalue weighted by molar-refractivity contribution is 6.31. The van der Waals surface area contributed by atoms with E-state index in [4.69, 9.17) is 11.6 Å². The SMILES string of the molecule is CNCC#Cc1ccc(F)cc1Cl. The minimum atomic E-state index is -0.343. The molecule has 1 aromatic rings. The zero-order valence-corrected chi connectivity index (χ0v) is 7.95. The van der Waals surface area contributed by atoms with Crippen LogP contribution in [0.3, 0.4) is 0 Å². The van der Waals surface area contributed by atoms with Gasteiger partial charge >= 0.3 is 0 Å². The molecule has 3 heteroatoms. The van der Waals surface area contributed by atoms with Crippen molar-refractivity contribution in [2.24, 2.45) is 0 Å². The Morgan fingerprint density at radius 1 is 1.54 bits per heavy atom. The molecule has 0 unspecified atom stereocenters. The van der Waals surface area contributed by atoms with Gasteiger partial charge in [0.2, 0.25) is 0 Å². The molecule has 13 heavy (non-hydrogen) atoms. The monoisotopic (exact) mass is 197 g/mol. The Kier molecular flexibility index (Phi) is 3.75. The summed E-state index contributed by atoms with van der Waals surface area (Å²) in [5, 5.41) is 3.23. The lowest BCUT2D eigenvalue weighted by molar-refractivity contribution is 0.628. The van der Waals surface area contributed by atoms with Gasteiger partial charge in [-0.05, 0) is 25.2 Å². The fourth-order valence-electron chi connectivity index (χ4n) is 0.819. The molecule has 0 heterocycles. The first kappa shape index (κ1) is 10.0. The minimum Gasteiger partial charge on any atom is -0.309 e. The van der Waals surface area contributed by atoms with Gasteiger partial charge in [-0.1, -0.05) is 23.4 Å². The molecule has 0 saturated heterocycles. The van der Waals surface area contributed by atoms with Gasteiger partial charge in [-0.3, -0.25) is 0 Å². The molecule has 0 spiro atoms. The molecular weight excluding hydrogens is 189 g/mol. The van der Waals surface area contributed by atoms with Crippen molar-refractivity contribution in [3.63, 3.8) is 0 Å². The molecule has 1 N–H and O–H groups in total. The van der Waals surface area contributed by atoms with E-state index >= 15 is 0 Å². The molecule has 1 aromatic carbocycles. The molecule has 0 fully saturated rings. The Morgan fingerprint density at radius 3 is 2.92 bits per heavy atom. The molecule has 0 aromatic heterocycles. The van der Waals surface area contributed by atoms with Crippen molar-refractivity contribution in [3.8, 4) is 11.8 Å². The van der Waals surface area contributed by atoms with Crippen LogP contribution in [-0.4, -0.2) is 13.6 Å². The van der Waals surface area contributed by atoms with Crippen molar-refractivity contribution in [1.29, 1.82) is 0 Å². The first-order valence-electron chi connectivity index (χ1n) is 3.82. The Morgan fingerprint density at radius 2 is 2.31 bits per heavy atom. The maximum absolute atomic E-state index is 12.6. The Labute approximate surface area is 81.9 Å². The molecule has 1 rings (SSSR count). The van der Waals surface area contributed by atoms with Gasteiger partial charge in [-0.2, -0.15) is 0 Å². The average Bonchev–Trinajstić information content (AvgIpc) is 2.09. The second-order valence-corrected chi connectivity index (χ2v) is 2.86. The highest BCUT2D eigenvalue weighted by Crippen LogP contribution is 2.15. The number of hydrogen-bond acceptors (Lipinski definition) is 1. The zero-order valence-electron chi connectivity index (χ0n) is 7.20. The van der Waals surface area contributed by atoms with Crippen LogP contribution in [0.1, 0.15) is 5.56 Å². The second-order valence-electron chi connectivity index (χ2n) is 2.46. The summed E-state index contributed by atoms with van der Waals surface area (Å²) in [6.07, 6.45) is 0. The van der Waals surface area contributed by atoms with Crippen LogP contribution in [0, 0.1) is 17.7 Å². The fourth-order valence-corrected chi connectivity index (χ4v) is 1.03. The predicted octanol–water partition coefficient (Wildman–Crippen LogP) is 2.05. The number of rotatable bonds is 1. The first-order chi connectivity index (χ1) is 6.24. The van der Waals surface area contributed by atoms with Crippen LogP contribution < -0.4 is 5.32 Å². The fraction of sp³-hybridized carbons (Fsp3) is 0.200. The standard InChI is InChI=1S/C10H9ClFN/c1-13-6-2-3-8-4-5-9(12)7-10(8)11/h4-5,7,13H,6H2,1H3. The van der Waals surface area contributed by atoms with Crippen LogP contribution >= 0.6 is 11.6 Å². The highest BCUT2D eigenvalue weighted by Gasteiger charge is 1.97. The topological polar surface area (TPSA) is 12.0 Å². The third-order valence-electron chi connectivity index (χ3n) is 1.42. The Bertz CT molecular complexity index is 352. The molecule has 0 aliphatic rings. The van der Waals surface area contributed by atoms with Gasteiger partial charge in [-0.15, -0.1) is 0 Å². The normalized spacial score (nSPS) is 9.15. The smallest absolute Gasteiger partial charge is 0.124 e. The second kappa shape index (κ2) is 4.86. The Hall–Kier alpha value is -1.04. The van der Waals surface area contributed by atoms with E-state index in [1.165, 1.54) is 12.1 Å². The first-order valence-corrected chi connectivity index (χ1v) is 4.20. The molecule has 1 nitrogen and oxygen atoms in total. The maximum atomic E-state index is 12.6. The molecule has 0 radical (unpaired) electrons. The van der Waals surface area contributed by atoms with E-state index in [-0.39, 0.29) is 5.82 Å². The summed E-state index contributed by atoms with van der Waals surface area (Å²) in [6.45, 7) is 0.591. The lowest BCUT2D eigenvalue weighted by atomic mass is 10.2. The third kappa shape index (κ3) is 3.06. The molecule has 0 aliphatic carbocycles. The number of nitrogens with one attached hydrogen (secondary N) is 1. The van der Waals surface area contributed by atoms with Gasteiger partial charge in [0.15, 0.2) is 0 Å². The van der Waals surface area contributed by atoms with E-state index in [2.05, 4.69) is 17.2 Å². The van der Waals surface area contributed by atoms with Crippen LogP contribution in [0.5, 0.6) is 0 Å². The summed E-state index contributed by atoms with van der Waals surface area (Å²) >= 11 is 5.75. The van der Waals surface area contributed by atoms with Crippen LogP contribution in [0.25, 0.3) is 0 Å². The molecule has 0 saturated carbocycles. The Balaban J connectivity index is 2.85. The third-order valence-corrected chi connectivity index (χ3v) is 1.73. The van der Waals surface area contributed by atoms with Crippen molar-refractivity contribution in [2.45, 2.75) is 0 Å². The summed E-state index contributed by atoms with van der Waals surface area (Å²) < 4.78 is 12.6. The lowest BCUT2D eigenvalue weighted by Crippen LogP contribution is -2.04. The van der Waals surface area contributed by atoms with E-state index in [1.54, 1.807) is 13.1 Å². The van der Waals surface area contributed by atoms with E-state index in [0.717, 1.165) is 0 Å². The van der Waals surface area contributed by atoms with Gasteiger partial charge in [0.1, 0.15) is 5.82 Å². The van der Waals surface area contributed by atoms with Gasteiger partial charge in [0.05, 0.1) is 11.6 Å². The van der Waals surface area contributed by atoms with Crippen LogP contribution in [0.4, 0.5) is 4.39 Å². The van der Waals surface area contributed by atoms with Crippen molar-refractivity contribution in [3.05, 3.63) is 34.6 Å². The largest absolute Gasteiger partial charge is 0.309 e. The molecule has 68 valence electrons. The quantitative estimate of drug-likeness (QED) is 0.680. The molecule has 0 amide bonds. The highest BCUT2D eigenvalue weighted by atomic mass is 35.5. The van der Waals surface area contributed by atoms with Crippen LogP contribution in [-0.2, 0) is 0 Å². The van der Waals surface area contributed by atoms with E-state index in [0.29, 0.717) is 17.1 Å². The van der Waals surface area contributed by atoms with Gasteiger partial charge in [0, 0.05) is 5.56 Å². The van der Waals surface area contributed by atoms with E-state index in [1.807, 2.05) is 0 Å². The number of benzene rings is 1. The summed E-state index contributed by atoms with van der Waals surface area (Å²) in [5.74, 6) is 5.33. The van der Waals surface area contributed by atoms with E-state index < -0.39 is 0 Å². The minimum absolute atomic E-state index is 0.343. The predicted molar refractivity (Wildman–Crippen MR) is 52.2 cm³/mol. The van der Waals surface area contributed by atoms with Gasteiger partial charge < -0.3 is 5.32 Å². The summed E-state index contributed by atoms with van der Waals surface area (Å²) in [7, 11) is 1.81. The average molecular weight is 198 g/mol. The van der Waals surface area contributed by atoms with Gasteiger partial charge in [0.25, 0.3) is 0 Å². The summed E-state index contributed by atoms with van der Waals surface area (Å²) in [4.78, 5) is 0. The summed E-state index contributed by atoms with van der Waals surface area (Å²) in [6, 6.07) is 4.17. The van der Waals surface area contributed by atoms with Crippen molar-refractivity contribution in [1.82, 2.24) is 5.32 Å². The van der Waals surface area contributed by atoms with Crippen molar-refractivity contribution in [2.75, 3.05) is 13.6 Å². The van der Waals surface area contributed by atoms with Crippen LogP contribution in [0.15, 0.2) is 18.2 Å². The zero-order chi connectivity index (χ0) is 9.68. The van der Waals surface area contributed by atoms with E-state index in [9.17, 15) is 4.39 Å². The van der Waals surface area contributed by atoms with Gasteiger partial charge in [-0.25, -0.2) is 4.39 Å². The molecular formula is C10H9ClFN. The number of hydrogen-bond donors (Lipinski definition) is 1. The maximum Gasteiger partial charge on any atom is 0.124 e. The van der Waals surface area contributed by atoms with Crippen molar-refractivity contribution >= 4 is 11.6 Å².